The van der Waals surface area contributed by atoms with E-state index in [1.165, 1.54) is 24.1 Å². The van der Waals surface area contributed by atoms with Gasteiger partial charge in [0.1, 0.15) is 0 Å². The number of carbonyl (C=O) groups is 2. The zero-order valence-corrected chi connectivity index (χ0v) is 11.7. The SMILES string of the molecule is COc1c(Cl)cc(C(=O)N2CCNC(=O)C2)cc1Cl. The highest BCUT2D eigenvalue weighted by molar-refractivity contribution is 6.37. The zero-order valence-electron chi connectivity index (χ0n) is 10.2. The Morgan fingerprint density at radius 2 is 2.00 bits per heavy atom. The Bertz CT molecular complexity index is 511. The van der Waals surface area contributed by atoms with Crippen LogP contribution in [0.15, 0.2) is 12.1 Å². The molecule has 0 saturated carbocycles. The van der Waals surface area contributed by atoms with Crippen LogP contribution in [0.4, 0.5) is 0 Å². The molecular weight excluding hydrogens is 291 g/mol. The quantitative estimate of drug-likeness (QED) is 0.902. The summed E-state index contributed by atoms with van der Waals surface area (Å²) in [4.78, 5) is 25.0. The Labute approximate surface area is 120 Å². The first-order chi connectivity index (χ1) is 9.02. The first-order valence-corrected chi connectivity index (χ1v) is 6.37. The van der Waals surface area contributed by atoms with E-state index >= 15 is 0 Å². The molecule has 1 aliphatic heterocycles. The van der Waals surface area contributed by atoms with Crippen LogP contribution in [0.25, 0.3) is 0 Å². The minimum Gasteiger partial charge on any atom is -0.494 e. The molecule has 0 radical (unpaired) electrons. The van der Waals surface area contributed by atoms with Gasteiger partial charge in [-0.25, -0.2) is 0 Å². The largest absolute Gasteiger partial charge is 0.494 e. The summed E-state index contributed by atoms with van der Waals surface area (Å²) >= 11 is 12.0. The molecule has 2 amide bonds. The van der Waals surface area contributed by atoms with Gasteiger partial charge in [0.05, 0.1) is 23.7 Å². The van der Waals surface area contributed by atoms with E-state index < -0.39 is 0 Å². The lowest BCUT2D eigenvalue weighted by atomic mass is 10.1. The van der Waals surface area contributed by atoms with Gasteiger partial charge < -0.3 is 15.0 Å². The highest BCUT2D eigenvalue weighted by Gasteiger charge is 2.23. The number of ether oxygens (including phenoxy) is 1. The second kappa shape index (κ2) is 5.67. The Kier molecular flexibility index (Phi) is 4.17. The molecule has 102 valence electrons. The van der Waals surface area contributed by atoms with E-state index in [1.54, 1.807) is 0 Å². The number of methoxy groups -OCH3 is 1. The molecule has 0 bridgehead atoms. The highest BCUT2D eigenvalue weighted by atomic mass is 35.5. The van der Waals surface area contributed by atoms with Crippen molar-refractivity contribution in [3.8, 4) is 5.75 Å². The number of rotatable bonds is 2. The second-order valence-electron chi connectivity index (χ2n) is 4.05. The van der Waals surface area contributed by atoms with E-state index in [1.807, 2.05) is 0 Å². The molecule has 1 fully saturated rings. The fraction of sp³-hybridized carbons (Fsp3) is 0.333. The summed E-state index contributed by atoms with van der Waals surface area (Å²) in [6.07, 6.45) is 0. The minimum atomic E-state index is -0.277. The average Bonchev–Trinajstić information content (AvgIpc) is 2.37. The third kappa shape index (κ3) is 2.93. The first kappa shape index (κ1) is 14.0. The Morgan fingerprint density at radius 1 is 1.37 bits per heavy atom. The van der Waals surface area contributed by atoms with E-state index in [-0.39, 0.29) is 28.4 Å². The smallest absolute Gasteiger partial charge is 0.254 e. The van der Waals surface area contributed by atoms with Crippen LogP contribution < -0.4 is 10.1 Å². The maximum atomic E-state index is 12.2. The summed E-state index contributed by atoms with van der Waals surface area (Å²) < 4.78 is 5.02. The van der Waals surface area contributed by atoms with Crippen LogP contribution in [0.5, 0.6) is 5.75 Å². The zero-order chi connectivity index (χ0) is 14.0. The van der Waals surface area contributed by atoms with Crippen molar-refractivity contribution in [1.29, 1.82) is 0 Å². The van der Waals surface area contributed by atoms with Crippen molar-refractivity contribution in [2.45, 2.75) is 0 Å². The number of hydrogen-bond donors (Lipinski definition) is 1. The molecule has 7 heteroatoms. The molecule has 1 N–H and O–H groups in total. The molecule has 1 heterocycles. The summed E-state index contributed by atoms with van der Waals surface area (Å²) in [6, 6.07) is 2.97. The van der Waals surface area contributed by atoms with E-state index in [9.17, 15) is 9.59 Å². The van der Waals surface area contributed by atoms with Gasteiger partial charge in [0.25, 0.3) is 5.91 Å². The summed E-state index contributed by atoms with van der Waals surface area (Å²) in [6.45, 7) is 0.953. The summed E-state index contributed by atoms with van der Waals surface area (Å²) in [7, 11) is 1.45. The van der Waals surface area contributed by atoms with Gasteiger partial charge in [-0.1, -0.05) is 23.2 Å². The molecule has 2 rings (SSSR count). The highest BCUT2D eigenvalue weighted by Crippen LogP contribution is 2.34. The van der Waals surface area contributed by atoms with Crippen LogP contribution in [0.2, 0.25) is 10.0 Å². The lowest BCUT2D eigenvalue weighted by molar-refractivity contribution is -0.123. The number of piperazine rings is 1. The van der Waals surface area contributed by atoms with Crippen LogP contribution in [-0.2, 0) is 4.79 Å². The first-order valence-electron chi connectivity index (χ1n) is 5.62. The van der Waals surface area contributed by atoms with Crippen molar-refractivity contribution >= 4 is 35.0 Å². The van der Waals surface area contributed by atoms with Crippen molar-refractivity contribution in [3.63, 3.8) is 0 Å². The summed E-state index contributed by atoms with van der Waals surface area (Å²) in [5, 5.41) is 3.18. The minimum absolute atomic E-state index is 0.0418. The molecular formula is C12H12Cl2N2O3. The Balaban J connectivity index is 2.26. The normalized spacial score (nSPS) is 15.1. The van der Waals surface area contributed by atoms with Crippen LogP contribution in [0.3, 0.4) is 0 Å². The van der Waals surface area contributed by atoms with Gasteiger partial charge >= 0.3 is 0 Å². The lowest BCUT2D eigenvalue weighted by Crippen LogP contribution is -2.49. The molecule has 19 heavy (non-hydrogen) atoms. The predicted octanol–water partition coefficient (Wildman–Crippen LogP) is 1.57. The van der Waals surface area contributed by atoms with E-state index in [2.05, 4.69) is 5.32 Å². The number of hydrogen-bond acceptors (Lipinski definition) is 3. The average molecular weight is 303 g/mol. The number of nitrogens with one attached hydrogen (secondary N) is 1. The maximum Gasteiger partial charge on any atom is 0.254 e. The van der Waals surface area contributed by atoms with Gasteiger partial charge in [-0.3, -0.25) is 9.59 Å². The van der Waals surface area contributed by atoms with E-state index in [4.69, 9.17) is 27.9 Å². The molecule has 0 aliphatic carbocycles. The predicted molar refractivity (Wildman–Crippen MR) is 71.9 cm³/mol. The number of nitrogens with zero attached hydrogens (tertiary/aromatic N) is 1. The fourth-order valence-electron chi connectivity index (χ4n) is 1.87. The number of amides is 2. The molecule has 0 aromatic heterocycles. The fourth-order valence-corrected chi connectivity index (χ4v) is 2.51. The molecule has 1 aliphatic rings. The van der Waals surface area contributed by atoms with Gasteiger partial charge in [0.15, 0.2) is 5.75 Å². The summed E-state index contributed by atoms with van der Waals surface area (Å²) in [5.74, 6) is -0.122. The second-order valence-corrected chi connectivity index (χ2v) is 4.86. The lowest BCUT2D eigenvalue weighted by Gasteiger charge is -2.26. The molecule has 1 saturated heterocycles. The molecule has 0 unspecified atom stereocenters. The van der Waals surface area contributed by atoms with Gasteiger partial charge in [0, 0.05) is 18.7 Å². The molecule has 1 aromatic carbocycles. The topological polar surface area (TPSA) is 58.6 Å². The Hall–Kier alpha value is -1.46. The molecule has 1 aromatic rings. The molecule has 5 nitrogen and oxygen atoms in total. The summed E-state index contributed by atoms with van der Waals surface area (Å²) in [5.41, 5.74) is 0.338. The van der Waals surface area contributed by atoms with Crippen LogP contribution in [0.1, 0.15) is 10.4 Å². The van der Waals surface area contributed by atoms with Gasteiger partial charge in [-0.15, -0.1) is 0 Å². The van der Waals surface area contributed by atoms with Crippen molar-refractivity contribution in [3.05, 3.63) is 27.7 Å². The molecule has 0 spiro atoms. The van der Waals surface area contributed by atoms with Crippen LogP contribution in [0, 0.1) is 0 Å². The molecule has 0 atom stereocenters. The third-order valence-electron chi connectivity index (χ3n) is 2.77. The van der Waals surface area contributed by atoms with Crippen molar-refractivity contribution in [2.75, 3.05) is 26.7 Å². The number of benzene rings is 1. The Morgan fingerprint density at radius 3 is 2.53 bits per heavy atom. The van der Waals surface area contributed by atoms with Crippen LogP contribution in [-0.4, -0.2) is 43.5 Å². The van der Waals surface area contributed by atoms with Crippen molar-refractivity contribution in [1.82, 2.24) is 10.2 Å². The van der Waals surface area contributed by atoms with Crippen molar-refractivity contribution < 1.29 is 14.3 Å². The van der Waals surface area contributed by atoms with Gasteiger partial charge in [-0.05, 0) is 12.1 Å². The standard InChI is InChI=1S/C12H12Cl2N2O3/c1-19-11-8(13)4-7(5-9(11)14)12(18)16-3-2-15-10(17)6-16/h4-5H,2-3,6H2,1H3,(H,15,17). The van der Waals surface area contributed by atoms with Crippen LogP contribution >= 0.6 is 23.2 Å². The maximum absolute atomic E-state index is 12.2. The third-order valence-corrected chi connectivity index (χ3v) is 3.34. The van der Waals surface area contributed by atoms with Gasteiger partial charge in [-0.2, -0.15) is 0 Å². The van der Waals surface area contributed by atoms with Crippen molar-refractivity contribution in [2.24, 2.45) is 0 Å². The van der Waals surface area contributed by atoms with E-state index in [0.717, 1.165) is 0 Å². The van der Waals surface area contributed by atoms with Gasteiger partial charge in [0.2, 0.25) is 5.91 Å². The number of carbonyl (C=O) groups excluding carboxylic acids is 2. The monoisotopic (exact) mass is 302 g/mol. The van der Waals surface area contributed by atoms with E-state index in [0.29, 0.717) is 24.4 Å². The number of halogens is 2.